The van der Waals surface area contributed by atoms with Gasteiger partial charge in [0, 0.05) is 12.6 Å². The van der Waals surface area contributed by atoms with Crippen LogP contribution >= 0.6 is 0 Å². The predicted molar refractivity (Wildman–Crippen MR) is 73.0 cm³/mol. The Hall–Kier alpha value is -1.06. The van der Waals surface area contributed by atoms with Crippen LogP contribution in [0.3, 0.4) is 0 Å². The van der Waals surface area contributed by atoms with Gasteiger partial charge in [-0.2, -0.15) is 0 Å². The van der Waals surface area contributed by atoms with Crippen LogP contribution in [0.2, 0.25) is 0 Å². The van der Waals surface area contributed by atoms with Gasteiger partial charge in [0.15, 0.2) is 0 Å². The maximum absolute atomic E-state index is 6.13. The zero-order valence-corrected chi connectivity index (χ0v) is 11.5. The molecule has 1 aliphatic heterocycles. The molecule has 100 valence electrons. The lowest BCUT2D eigenvalue weighted by atomic mass is 9.82. The standard InChI is InChI=1S/C15H23NO2/c1-4-15(11-13(16-2)9-10-18-15)12-5-7-14(17-3)8-6-12/h5-8,13,16H,4,9-11H2,1-3H3. The SMILES string of the molecule is CCC1(c2ccc(OC)cc2)CC(NC)CCO1. The van der Waals surface area contributed by atoms with Gasteiger partial charge >= 0.3 is 0 Å². The van der Waals surface area contributed by atoms with Crippen LogP contribution in [0.15, 0.2) is 24.3 Å². The lowest BCUT2D eigenvalue weighted by Crippen LogP contribution is -2.43. The van der Waals surface area contributed by atoms with E-state index in [-0.39, 0.29) is 5.60 Å². The zero-order valence-electron chi connectivity index (χ0n) is 11.5. The summed E-state index contributed by atoms with van der Waals surface area (Å²) in [6.07, 6.45) is 3.12. The summed E-state index contributed by atoms with van der Waals surface area (Å²) < 4.78 is 11.3. The third-order valence-corrected chi connectivity index (χ3v) is 4.02. The van der Waals surface area contributed by atoms with Crippen molar-refractivity contribution < 1.29 is 9.47 Å². The van der Waals surface area contributed by atoms with E-state index in [4.69, 9.17) is 9.47 Å². The summed E-state index contributed by atoms with van der Waals surface area (Å²) in [5, 5.41) is 3.38. The highest BCUT2D eigenvalue weighted by Crippen LogP contribution is 2.38. The number of nitrogens with one attached hydrogen (secondary N) is 1. The van der Waals surface area contributed by atoms with E-state index < -0.39 is 0 Å². The molecular formula is C15H23NO2. The third kappa shape index (κ3) is 2.52. The molecule has 2 atom stereocenters. The van der Waals surface area contributed by atoms with Crippen LogP contribution in [-0.4, -0.2) is 26.8 Å². The van der Waals surface area contributed by atoms with Crippen molar-refractivity contribution in [2.75, 3.05) is 20.8 Å². The second-order valence-electron chi connectivity index (χ2n) is 4.90. The van der Waals surface area contributed by atoms with Crippen molar-refractivity contribution in [3.05, 3.63) is 29.8 Å². The molecule has 1 aliphatic rings. The Morgan fingerprint density at radius 1 is 1.39 bits per heavy atom. The van der Waals surface area contributed by atoms with E-state index in [0.29, 0.717) is 6.04 Å². The first-order valence-electron chi connectivity index (χ1n) is 6.70. The molecule has 1 aromatic carbocycles. The van der Waals surface area contributed by atoms with Gasteiger partial charge in [-0.15, -0.1) is 0 Å². The fourth-order valence-electron chi connectivity index (χ4n) is 2.75. The van der Waals surface area contributed by atoms with E-state index >= 15 is 0 Å². The van der Waals surface area contributed by atoms with Crippen molar-refractivity contribution in [2.24, 2.45) is 0 Å². The van der Waals surface area contributed by atoms with Gasteiger partial charge in [-0.1, -0.05) is 19.1 Å². The zero-order chi connectivity index (χ0) is 13.0. The van der Waals surface area contributed by atoms with E-state index in [9.17, 15) is 0 Å². The van der Waals surface area contributed by atoms with Gasteiger partial charge in [0.25, 0.3) is 0 Å². The Morgan fingerprint density at radius 3 is 2.67 bits per heavy atom. The summed E-state index contributed by atoms with van der Waals surface area (Å²) in [5.41, 5.74) is 1.11. The summed E-state index contributed by atoms with van der Waals surface area (Å²) in [5.74, 6) is 0.894. The highest BCUT2D eigenvalue weighted by atomic mass is 16.5. The average molecular weight is 249 g/mol. The minimum Gasteiger partial charge on any atom is -0.497 e. The minimum absolute atomic E-state index is 0.141. The van der Waals surface area contributed by atoms with Gasteiger partial charge in [0.1, 0.15) is 5.75 Å². The molecule has 0 aliphatic carbocycles. The molecule has 0 bridgehead atoms. The topological polar surface area (TPSA) is 30.5 Å². The first-order chi connectivity index (χ1) is 8.74. The van der Waals surface area contributed by atoms with Crippen molar-refractivity contribution in [3.8, 4) is 5.75 Å². The maximum Gasteiger partial charge on any atom is 0.118 e. The Morgan fingerprint density at radius 2 is 2.11 bits per heavy atom. The first-order valence-corrected chi connectivity index (χ1v) is 6.70. The van der Waals surface area contributed by atoms with Crippen molar-refractivity contribution in [1.29, 1.82) is 0 Å². The molecule has 1 heterocycles. The molecule has 1 aromatic rings. The molecule has 2 rings (SSSR count). The number of methoxy groups -OCH3 is 1. The molecule has 0 saturated carbocycles. The van der Waals surface area contributed by atoms with Gasteiger partial charge in [-0.25, -0.2) is 0 Å². The monoisotopic (exact) mass is 249 g/mol. The Bertz CT molecular complexity index is 377. The number of hydrogen-bond acceptors (Lipinski definition) is 3. The summed E-state index contributed by atoms with van der Waals surface area (Å²) in [6, 6.07) is 8.82. The number of rotatable bonds is 4. The van der Waals surface area contributed by atoms with E-state index in [0.717, 1.165) is 31.6 Å². The van der Waals surface area contributed by atoms with Crippen LogP contribution in [0.25, 0.3) is 0 Å². The molecule has 3 heteroatoms. The van der Waals surface area contributed by atoms with Crippen LogP contribution in [0.1, 0.15) is 31.7 Å². The molecule has 0 amide bonds. The van der Waals surface area contributed by atoms with Crippen molar-refractivity contribution in [2.45, 2.75) is 37.8 Å². The smallest absolute Gasteiger partial charge is 0.118 e. The molecule has 18 heavy (non-hydrogen) atoms. The second kappa shape index (κ2) is 5.72. The Labute approximate surface area is 109 Å². The van der Waals surface area contributed by atoms with Gasteiger partial charge in [-0.05, 0) is 44.0 Å². The van der Waals surface area contributed by atoms with E-state index in [2.05, 4.69) is 24.4 Å². The van der Waals surface area contributed by atoms with Gasteiger partial charge in [-0.3, -0.25) is 0 Å². The summed E-state index contributed by atoms with van der Waals surface area (Å²) in [7, 11) is 3.73. The predicted octanol–water partition coefficient (Wildman–Crippen LogP) is 2.70. The first kappa shape index (κ1) is 13.4. The third-order valence-electron chi connectivity index (χ3n) is 4.02. The number of hydrogen-bond donors (Lipinski definition) is 1. The molecule has 1 N–H and O–H groups in total. The van der Waals surface area contributed by atoms with E-state index in [1.807, 2.05) is 19.2 Å². The summed E-state index contributed by atoms with van der Waals surface area (Å²) in [4.78, 5) is 0. The highest BCUT2D eigenvalue weighted by molar-refractivity contribution is 5.31. The summed E-state index contributed by atoms with van der Waals surface area (Å²) in [6.45, 7) is 3.02. The van der Waals surface area contributed by atoms with Crippen LogP contribution in [0, 0.1) is 0 Å². The lowest BCUT2D eigenvalue weighted by Gasteiger charge is -2.41. The van der Waals surface area contributed by atoms with Gasteiger partial charge in [0.2, 0.25) is 0 Å². The molecule has 2 unspecified atom stereocenters. The van der Waals surface area contributed by atoms with Crippen LogP contribution < -0.4 is 10.1 Å². The molecule has 3 nitrogen and oxygen atoms in total. The maximum atomic E-state index is 6.13. The van der Waals surface area contributed by atoms with Crippen molar-refractivity contribution >= 4 is 0 Å². The second-order valence-corrected chi connectivity index (χ2v) is 4.90. The average Bonchev–Trinajstić information content (AvgIpc) is 2.47. The largest absolute Gasteiger partial charge is 0.497 e. The fraction of sp³-hybridized carbons (Fsp3) is 0.600. The van der Waals surface area contributed by atoms with Crippen molar-refractivity contribution in [3.63, 3.8) is 0 Å². The molecule has 0 spiro atoms. The molecule has 0 aromatic heterocycles. The molecule has 0 radical (unpaired) electrons. The van der Waals surface area contributed by atoms with E-state index in [1.165, 1.54) is 5.56 Å². The quantitative estimate of drug-likeness (QED) is 0.890. The van der Waals surface area contributed by atoms with E-state index in [1.54, 1.807) is 7.11 Å². The van der Waals surface area contributed by atoms with Crippen molar-refractivity contribution in [1.82, 2.24) is 5.32 Å². The Balaban J connectivity index is 2.24. The minimum atomic E-state index is -0.141. The number of benzene rings is 1. The van der Waals surface area contributed by atoms with Crippen LogP contribution in [0.4, 0.5) is 0 Å². The fourth-order valence-corrected chi connectivity index (χ4v) is 2.75. The van der Waals surface area contributed by atoms with Crippen LogP contribution in [-0.2, 0) is 10.3 Å². The highest BCUT2D eigenvalue weighted by Gasteiger charge is 2.37. The van der Waals surface area contributed by atoms with Gasteiger partial charge < -0.3 is 14.8 Å². The molecule has 1 saturated heterocycles. The molecular weight excluding hydrogens is 226 g/mol. The Kier molecular flexibility index (Phi) is 4.25. The lowest BCUT2D eigenvalue weighted by molar-refractivity contribution is -0.0961. The summed E-state index contributed by atoms with van der Waals surface area (Å²) >= 11 is 0. The normalized spacial score (nSPS) is 28.1. The van der Waals surface area contributed by atoms with Gasteiger partial charge in [0.05, 0.1) is 12.7 Å². The molecule has 1 fully saturated rings. The number of ether oxygens (including phenoxy) is 2. The van der Waals surface area contributed by atoms with Crippen LogP contribution in [0.5, 0.6) is 5.75 Å².